The van der Waals surface area contributed by atoms with Crippen molar-refractivity contribution in [3.63, 3.8) is 0 Å². The molecule has 0 atom stereocenters. The molecular formula is C41H36N2. The molecule has 43 heavy (non-hydrogen) atoms. The largest absolute Gasteiger partial charge is 0.311 e. The molecule has 210 valence electrons. The molecule has 0 radical (unpaired) electrons. The number of para-hydroxylation sites is 1. The van der Waals surface area contributed by atoms with Crippen molar-refractivity contribution in [3.8, 4) is 0 Å². The van der Waals surface area contributed by atoms with E-state index in [9.17, 15) is 0 Å². The Morgan fingerprint density at radius 1 is 0.302 bits per heavy atom. The standard InChI is InChI=1S/C41H36N2/c1-31-9-21-37(22-10-31)42(36-7-5-4-6-8-36)40-27-17-34(18-28-40)15-16-35-19-29-41(30-20-35)43(38-23-11-32(2)12-24-38)39-25-13-33(3)14-26-39/h4-30H,1-3H3/b16-15-. The van der Waals surface area contributed by atoms with E-state index in [4.69, 9.17) is 0 Å². The lowest BCUT2D eigenvalue weighted by molar-refractivity contribution is 1.27. The molecule has 0 unspecified atom stereocenters. The van der Waals surface area contributed by atoms with Gasteiger partial charge in [0.05, 0.1) is 0 Å². The van der Waals surface area contributed by atoms with Crippen LogP contribution < -0.4 is 9.80 Å². The maximum atomic E-state index is 2.30. The molecule has 6 aromatic rings. The zero-order chi connectivity index (χ0) is 29.6. The zero-order valence-electron chi connectivity index (χ0n) is 25.0. The van der Waals surface area contributed by atoms with Crippen LogP contribution in [-0.2, 0) is 0 Å². The van der Waals surface area contributed by atoms with Crippen LogP contribution in [0.5, 0.6) is 0 Å². The van der Waals surface area contributed by atoms with E-state index in [0.29, 0.717) is 0 Å². The van der Waals surface area contributed by atoms with Gasteiger partial charge in [-0.2, -0.15) is 0 Å². The Balaban J connectivity index is 1.23. The van der Waals surface area contributed by atoms with Gasteiger partial charge in [-0.1, -0.05) is 108 Å². The van der Waals surface area contributed by atoms with Crippen molar-refractivity contribution in [3.05, 3.63) is 179 Å². The van der Waals surface area contributed by atoms with E-state index in [1.807, 2.05) is 0 Å². The smallest absolute Gasteiger partial charge is 0.0462 e. The van der Waals surface area contributed by atoms with Crippen molar-refractivity contribution < 1.29 is 0 Å². The summed E-state index contributed by atoms with van der Waals surface area (Å²) in [6.07, 6.45) is 4.35. The first kappa shape index (κ1) is 27.8. The molecule has 0 aliphatic carbocycles. The molecule has 0 N–H and O–H groups in total. The van der Waals surface area contributed by atoms with Crippen molar-refractivity contribution >= 4 is 46.3 Å². The monoisotopic (exact) mass is 556 g/mol. The molecule has 0 aliphatic heterocycles. The van der Waals surface area contributed by atoms with Gasteiger partial charge in [-0.15, -0.1) is 0 Å². The number of benzene rings is 6. The Kier molecular flexibility index (Phi) is 8.19. The molecule has 0 aromatic heterocycles. The van der Waals surface area contributed by atoms with Gasteiger partial charge >= 0.3 is 0 Å². The summed E-state index contributed by atoms with van der Waals surface area (Å²) in [7, 11) is 0. The molecular weight excluding hydrogens is 520 g/mol. The Morgan fingerprint density at radius 3 is 0.860 bits per heavy atom. The topological polar surface area (TPSA) is 6.48 Å². The molecule has 0 heterocycles. The summed E-state index contributed by atoms with van der Waals surface area (Å²) < 4.78 is 0. The fraction of sp³-hybridized carbons (Fsp3) is 0.0732. The van der Waals surface area contributed by atoms with Crippen LogP contribution in [0, 0.1) is 20.8 Å². The molecule has 2 nitrogen and oxygen atoms in total. The number of rotatable bonds is 8. The lowest BCUT2D eigenvalue weighted by atomic mass is 10.1. The summed E-state index contributed by atoms with van der Waals surface area (Å²) in [5.41, 5.74) is 12.9. The van der Waals surface area contributed by atoms with Gasteiger partial charge in [0.1, 0.15) is 0 Å². The first-order chi connectivity index (χ1) is 21.0. The fourth-order valence-corrected chi connectivity index (χ4v) is 5.21. The van der Waals surface area contributed by atoms with E-state index < -0.39 is 0 Å². The molecule has 0 bridgehead atoms. The van der Waals surface area contributed by atoms with Crippen LogP contribution in [0.2, 0.25) is 0 Å². The van der Waals surface area contributed by atoms with Crippen molar-refractivity contribution in [1.82, 2.24) is 0 Å². The second kappa shape index (κ2) is 12.7. The molecule has 6 rings (SSSR count). The third-order valence-corrected chi connectivity index (χ3v) is 7.66. The first-order valence-electron chi connectivity index (χ1n) is 14.8. The number of hydrogen-bond donors (Lipinski definition) is 0. The van der Waals surface area contributed by atoms with Gasteiger partial charge < -0.3 is 9.80 Å². The summed E-state index contributed by atoms with van der Waals surface area (Å²) in [5, 5.41) is 0. The number of hydrogen-bond acceptors (Lipinski definition) is 2. The predicted octanol–water partition coefficient (Wildman–Crippen LogP) is 11.7. The minimum atomic E-state index is 1.13. The highest BCUT2D eigenvalue weighted by Gasteiger charge is 2.13. The van der Waals surface area contributed by atoms with Crippen LogP contribution >= 0.6 is 0 Å². The SMILES string of the molecule is Cc1ccc(N(c2ccccc2)c2ccc(/C=C\c3ccc(N(c4ccc(C)cc4)c4ccc(C)cc4)cc3)cc2)cc1. The lowest BCUT2D eigenvalue weighted by Gasteiger charge is -2.26. The van der Waals surface area contributed by atoms with E-state index in [0.717, 1.165) is 45.3 Å². The van der Waals surface area contributed by atoms with Gasteiger partial charge in [0.2, 0.25) is 0 Å². The van der Waals surface area contributed by atoms with Gasteiger partial charge in [-0.3, -0.25) is 0 Å². The normalized spacial score (nSPS) is 11.0. The second-order valence-corrected chi connectivity index (χ2v) is 11.0. The average Bonchev–Trinajstić information content (AvgIpc) is 3.05. The maximum absolute atomic E-state index is 2.30. The van der Waals surface area contributed by atoms with Gasteiger partial charge in [0.15, 0.2) is 0 Å². The zero-order valence-corrected chi connectivity index (χ0v) is 25.0. The van der Waals surface area contributed by atoms with Crippen LogP contribution in [-0.4, -0.2) is 0 Å². The second-order valence-electron chi connectivity index (χ2n) is 11.0. The summed E-state index contributed by atoms with van der Waals surface area (Å²) in [6.45, 7) is 6.37. The Bertz CT molecular complexity index is 1740. The third-order valence-electron chi connectivity index (χ3n) is 7.66. The number of nitrogens with zero attached hydrogens (tertiary/aromatic N) is 2. The van der Waals surface area contributed by atoms with Crippen molar-refractivity contribution in [2.75, 3.05) is 9.80 Å². The highest BCUT2D eigenvalue weighted by atomic mass is 15.1. The van der Waals surface area contributed by atoms with Crippen LogP contribution in [0.3, 0.4) is 0 Å². The summed E-state index contributed by atoms with van der Waals surface area (Å²) >= 11 is 0. The Hall–Kier alpha value is -5.34. The van der Waals surface area contributed by atoms with Crippen molar-refractivity contribution in [1.29, 1.82) is 0 Å². The fourth-order valence-electron chi connectivity index (χ4n) is 5.21. The van der Waals surface area contributed by atoms with Crippen LogP contribution in [0.15, 0.2) is 152 Å². The van der Waals surface area contributed by atoms with E-state index in [2.05, 4.69) is 194 Å². The van der Waals surface area contributed by atoms with Gasteiger partial charge in [0, 0.05) is 34.1 Å². The minimum absolute atomic E-state index is 1.13. The maximum Gasteiger partial charge on any atom is 0.0462 e. The van der Waals surface area contributed by atoms with Gasteiger partial charge in [-0.05, 0) is 105 Å². The summed E-state index contributed by atoms with van der Waals surface area (Å²) in [6, 6.07) is 54.1. The minimum Gasteiger partial charge on any atom is -0.311 e. The molecule has 0 amide bonds. The molecule has 6 aromatic carbocycles. The summed E-state index contributed by atoms with van der Waals surface area (Å²) in [4.78, 5) is 4.59. The van der Waals surface area contributed by atoms with Crippen LogP contribution in [0.25, 0.3) is 12.2 Å². The highest BCUT2D eigenvalue weighted by molar-refractivity contribution is 5.80. The first-order valence-corrected chi connectivity index (χ1v) is 14.8. The van der Waals surface area contributed by atoms with Crippen molar-refractivity contribution in [2.24, 2.45) is 0 Å². The Morgan fingerprint density at radius 2 is 0.558 bits per heavy atom. The van der Waals surface area contributed by atoms with E-state index in [-0.39, 0.29) is 0 Å². The van der Waals surface area contributed by atoms with E-state index in [1.54, 1.807) is 0 Å². The quantitative estimate of drug-likeness (QED) is 0.172. The molecule has 0 saturated heterocycles. The molecule has 0 fully saturated rings. The molecule has 0 saturated carbocycles. The summed E-state index contributed by atoms with van der Waals surface area (Å²) in [5.74, 6) is 0. The molecule has 2 heteroatoms. The number of aryl methyl sites for hydroxylation is 3. The predicted molar refractivity (Wildman–Crippen MR) is 185 cm³/mol. The average molecular weight is 557 g/mol. The van der Waals surface area contributed by atoms with Gasteiger partial charge in [-0.25, -0.2) is 0 Å². The molecule has 0 aliphatic rings. The van der Waals surface area contributed by atoms with Crippen molar-refractivity contribution in [2.45, 2.75) is 20.8 Å². The third kappa shape index (κ3) is 6.60. The number of anilines is 6. The highest BCUT2D eigenvalue weighted by Crippen LogP contribution is 2.36. The van der Waals surface area contributed by atoms with Crippen LogP contribution in [0.1, 0.15) is 27.8 Å². The van der Waals surface area contributed by atoms with Gasteiger partial charge in [0.25, 0.3) is 0 Å². The van der Waals surface area contributed by atoms with Crippen LogP contribution in [0.4, 0.5) is 34.1 Å². The Labute approximate surface area is 255 Å². The van der Waals surface area contributed by atoms with E-state index >= 15 is 0 Å². The molecule has 0 spiro atoms. The lowest BCUT2D eigenvalue weighted by Crippen LogP contribution is -2.09. The van der Waals surface area contributed by atoms with E-state index in [1.165, 1.54) is 16.7 Å².